The predicted molar refractivity (Wildman–Crippen MR) is 74.4 cm³/mol. The molecule has 20 heavy (non-hydrogen) atoms. The maximum atomic E-state index is 12.0. The van der Waals surface area contributed by atoms with Crippen molar-refractivity contribution in [3.05, 3.63) is 29.8 Å². The van der Waals surface area contributed by atoms with Crippen LogP contribution in [0.3, 0.4) is 0 Å². The molecule has 5 N–H and O–H groups in total. The number of carbonyl (C=O) groups excluding carboxylic acids is 1. The molecule has 0 bridgehead atoms. The van der Waals surface area contributed by atoms with E-state index in [2.05, 4.69) is 9.46 Å². The van der Waals surface area contributed by atoms with Crippen molar-refractivity contribution in [1.29, 1.82) is 0 Å². The van der Waals surface area contributed by atoms with Crippen LogP contribution in [0.4, 0.5) is 4.79 Å². The summed E-state index contributed by atoms with van der Waals surface area (Å²) in [5.74, 6) is 0. The molecule has 0 fully saturated rings. The Hall–Kier alpha value is -1.64. The number of carbonyl (C=O) groups is 1. The summed E-state index contributed by atoms with van der Waals surface area (Å²) in [4.78, 5) is 10.5. The van der Waals surface area contributed by atoms with E-state index in [1.807, 2.05) is 6.92 Å². The third kappa shape index (κ3) is 4.80. The lowest BCUT2D eigenvalue weighted by molar-refractivity contribution is 0.159. The number of ether oxygens (including phenoxy) is 1. The van der Waals surface area contributed by atoms with Gasteiger partial charge in [0.15, 0.2) is 0 Å². The van der Waals surface area contributed by atoms with Crippen LogP contribution in [0.1, 0.15) is 24.9 Å². The molecule has 1 atom stereocenters. The van der Waals surface area contributed by atoms with Gasteiger partial charge in [0.05, 0.1) is 4.90 Å². The van der Waals surface area contributed by atoms with Gasteiger partial charge in [-0.15, -0.1) is 0 Å². The van der Waals surface area contributed by atoms with E-state index >= 15 is 0 Å². The van der Waals surface area contributed by atoms with Crippen molar-refractivity contribution in [3.63, 3.8) is 0 Å². The number of nitrogens with two attached hydrogens (primary N) is 2. The molecule has 112 valence electrons. The maximum absolute atomic E-state index is 12.0. The molecule has 0 heterocycles. The van der Waals surface area contributed by atoms with Gasteiger partial charge in [0.25, 0.3) is 0 Å². The van der Waals surface area contributed by atoms with Crippen LogP contribution in [-0.2, 0) is 14.8 Å². The number of hydrogen-bond donors (Lipinski definition) is 3. The molecule has 0 saturated carbocycles. The van der Waals surface area contributed by atoms with Crippen LogP contribution in [0.5, 0.6) is 0 Å². The summed E-state index contributed by atoms with van der Waals surface area (Å²) in [6.07, 6.45) is -0.233. The lowest BCUT2D eigenvalue weighted by Gasteiger charge is -2.12. The lowest BCUT2D eigenvalue weighted by Crippen LogP contribution is -2.29. The predicted octanol–water partition coefficient (Wildman–Crippen LogP) is 0.470. The van der Waals surface area contributed by atoms with Crippen LogP contribution in [0.2, 0.25) is 0 Å². The number of amides is 1. The summed E-state index contributed by atoms with van der Waals surface area (Å²) in [7, 11) is -3.66. The van der Waals surface area contributed by atoms with E-state index in [-0.39, 0.29) is 24.1 Å². The van der Waals surface area contributed by atoms with Crippen molar-refractivity contribution in [1.82, 2.24) is 4.72 Å². The number of nitrogens with one attached hydrogen (secondary N) is 1. The van der Waals surface area contributed by atoms with Crippen molar-refractivity contribution in [3.8, 4) is 0 Å². The molecule has 7 nitrogen and oxygen atoms in total. The van der Waals surface area contributed by atoms with Crippen LogP contribution in [-0.4, -0.2) is 27.7 Å². The molecule has 0 aromatic heterocycles. The molecular weight excluding hydrogens is 282 g/mol. The quantitative estimate of drug-likeness (QED) is 0.631. The second-order valence-electron chi connectivity index (χ2n) is 4.15. The molecule has 1 rings (SSSR count). The van der Waals surface area contributed by atoms with Crippen molar-refractivity contribution in [2.45, 2.75) is 24.3 Å². The van der Waals surface area contributed by atoms with Gasteiger partial charge >= 0.3 is 6.09 Å². The molecule has 0 aliphatic heterocycles. The molecule has 0 radical (unpaired) electrons. The Morgan fingerprint density at radius 1 is 1.45 bits per heavy atom. The first-order chi connectivity index (χ1) is 9.36. The molecule has 0 spiro atoms. The Balaban J connectivity index is 2.74. The third-order valence-corrected chi connectivity index (χ3v) is 4.13. The van der Waals surface area contributed by atoms with Crippen LogP contribution < -0.4 is 16.2 Å². The number of primary amides is 1. The number of hydrogen-bond acceptors (Lipinski definition) is 5. The Kier molecular flexibility index (Phi) is 5.93. The Labute approximate surface area is 118 Å². The first-order valence-corrected chi connectivity index (χ1v) is 7.62. The minimum absolute atomic E-state index is 0.0463. The van der Waals surface area contributed by atoms with E-state index in [9.17, 15) is 13.2 Å². The van der Waals surface area contributed by atoms with Crippen molar-refractivity contribution < 1.29 is 17.9 Å². The summed E-state index contributed by atoms with van der Waals surface area (Å²) in [5, 5.41) is 0. The zero-order valence-corrected chi connectivity index (χ0v) is 12.0. The van der Waals surface area contributed by atoms with Gasteiger partial charge in [-0.3, -0.25) is 0 Å². The molecule has 1 unspecified atom stereocenters. The summed E-state index contributed by atoms with van der Waals surface area (Å²) >= 11 is 0. The molecule has 0 saturated heterocycles. The van der Waals surface area contributed by atoms with Crippen molar-refractivity contribution in [2.75, 3.05) is 13.2 Å². The number of benzene rings is 1. The van der Waals surface area contributed by atoms with Gasteiger partial charge in [-0.05, 0) is 24.1 Å². The summed E-state index contributed by atoms with van der Waals surface area (Å²) in [6.45, 7) is 1.75. The van der Waals surface area contributed by atoms with Gasteiger partial charge < -0.3 is 16.2 Å². The Bertz CT molecular complexity index is 560. The fourth-order valence-corrected chi connectivity index (χ4v) is 2.63. The fourth-order valence-electron chi connectivity index (χ4n) is 1.56. The van der Waals surface area contributed by atoms with E-state index in [0.717, 1.165) is 5.56 Å². The molecule has 0 aliphatic carbocycles. The van der Waals surface area contributed by atoms with Crippen LogP contribution in [0, 0.1) is 0 Å². The summed E-state index contributed by atoms with van der Waals surface area (Å²) < 4.78 is 30.8. The van der Waals surface area contributed by atoms with Gasteiger partial charge in [-0.25, -0.2) is 17.9 Å². The van der Waals surface area contributed by atoms with E-state index < -0.39 is 16.1 Å². The smallest absolute Gasteiger partial charge is 0.404 e. The molecular formula is C12H19N3O4S. The minimum atomic E-state index is -3.66. The second kappa shape index (κ2) is 7.22. The van der Waals surface area contributed by atoms with Crippen molar-refractivity contribution in [2.24, 2.45) is 11.5 Å². The minimum Gasteiger partial charge on any atom is -0.448 e. The van der Waals surface area contributed by atoms with E-state index in [0.29, 0.717) is 6.42 Å². The Morgan fingerprint density at radius 3 is 2.75 bits per heavy atom. The standard InChI is InChI=1S/C12H19N3O4S/c1-2-11(13)9-4-3-5-10(8-9)20(17,18)15-6-7-19-12(14)16/h3-5,8,11,15H,2,6-7,13H2,1H3,(H2,14,16). The highest BCUT2D eigenvalue weighted by molar-refractivity contribution is 7.89. The number of sulfonamides is 1. The zero-order valence-electron chi connectivity index (χ0n) is 11.2. The molecule has 1 aromatic carbocycles. The van der Waals surface area contributed by atoms with E-state index in [1.54, 1.807) is 12.1 Å². The average Bonchev–Trinajstić information content (AvgIpc) is 2.42. The average molecular weight is 301 g/mol. The lowest BCUT2D eigenvalue weighted by atomic mass is 10.1. The molecule has 1 amide bonds. The van der Waals surface area contributed by atoms with Crippen LogP contribution in [0.15, 0.2) is 29.2 Å². The van der Waals surface area contributed by atoms with E-state index in [1.165, 1.54) is 12.1 Å². The van der Waals surface area contributed by atoms with E-state index in [4.69, 9.17) is 11.5 Å². The molecule has 0 aliphatic rings. The third-order valence-electron chi connectivity index (χ3n) is 2.67. The SMILES string of the molecule is CCC(N)c1cccc(S(=O)(=O)NCCOC(N)=O)c1. The maximum Gasteiger partial charge on any atom is 0.404 e. The normalized spacial score (nSPS) is 12.9. The molecule has 1 aromatic rings. The monoisotopic (exact) mass is 301 g/mol. The fraction of sp³-hybridized carbons (Fsp3) is 0.417. The summed E-state index contributed by atoms with van der Waals surface area (Å²) in [6, 6.07) is 6.22. The van der Waals surface area contributed by atoms with Crippen LogP contribution >= 0.6 is 0 Å². The summed E-state index contributed by atoms with van der Waals surface area (Å²) in [5.41, 5.74) is 11.4. The zero-order chi connectivity index (χ0) is 15.2. The second-order valence-corrected chi connectivity index (χ2v) is 5.92. The van der Waals surface area contributed by atoms with Gasteiger partial charge in [0, 0.05) is 12.6 Å². The highest BCUT2D eigenvalue weighted by Gasteiger charge is 2.15. The van der Waals surface area contributed by atoms with Gasteiger partial charge in [0.2, 0.25) is 10.0 Å². The largest absolute Gasteiger partial charge is 0.448 e. The first-order valence-electron chi connectivity index (χ1n) is 6.14. The highest BCUT2D eigenvalue weighted by Crippen LogP contribution is 2.17. The molecule has 8 heteroatoms. The number of rotatable bonds is 7. The van der Waals surface area contributed by atoms with Crippen molar-refractivity contribution >= 4 is 16.1 Å². The topological polar surface area (TPSA) is 125 Å². The van der Waals surface area contributed by atoms with Crippen LogP contribution in [0.25, 0.3) is 0 Å². The Morgan fingerprint density at radius 2 is 2.15 bits per heavy atom. The van der Waals surface area contributed by atoms with Gasteiger partial charge in [-0.1, -0.05) is 19.1 Å². The van der Waals surface area contributed by atoms with Gasteiger partial charge in [-0.2, -0.15) is 0 Å². The van der Waals surface area contributed by atoms with Gasteiger partial charge in [0.1, 0.15) is 6.61 Å². The first kappa shape index (κ1) is 16.4. The highest BCUT2D eigenvalue weighted by atomic mass is 32.2.